The molecule has 0 aliphatic rings. The molecule has 1 N–H and O–H groups in total. The molecule has 3 nitrogen and oxygen atoms in total. The standard InChI is InChI=1S/C12H9NO2S/c14-8-3-4-11-10(6-8)13-12(15-11)7-9-2-1-5-16-9/h1-6,14H,7H2. The SMILES string of the molecule is Oc1ccc2oc(Cc3cccs3)nc2c1. The Labute approximate surface area is 96.0 Å². The maximum absolute atomic E-state index is 9.32. The Morgan fingerprint density at radius 1 is 1.31 bits per heavy atom. The van der Waals surface area contributed by atoms with Gasteiger partial charge in [-0.05, 0) is 23.6 Å². The van der Waals surface area contributed by atoms with Gasteiger partial charge in [0, 0.05) is 10.9 Å². The monoisotopic (exact) mass is 231 g/mol. The van der Waals surface area contributed by atoms with Gasteiger partial charge in [0.05, 0.1) is 6.42 Å². The number of benzene rings is 1. The van der Waals surface area contributed by atoms with Gasteiger partial charge in [-0.3, -0.25) is 0 Å². The van der Waals surface area contributed by atoms with E-state index in [0.717, 1.165) is 0 Å². The van der Waals surface area contributed by atoms with Gasteiger partial charge in [-0.1, -0.05) is 6.07 Å². The van der Waals surface area contributed by atoms with Gasteiger partial charge in [0.15, 0.2) is 5.58 Å². The van der Waals surface area contributed by atoms with Crippen LogP contribution in [0.3, 0.4) is 0 Å². The van der Waals surface area contributed by atoms with E-state index < -0.39 is 0 Å². The molecule has 2 aromatic heterocycles. The van der Waals surface area contributed by atoms with E-state index in [0.29, 0.717) is 23.4 Å². The lowest BCUT2D eigenvalue weighted by Crippen LogP contribution is -1.82. The molecular weight excluding hydrogens is 222 g/mol. The summed E-state index contributed by atoms with van der Waals surface area (Å²) in [7, 11) is 0. The molecule has 16 heavy (non-hydrogen) atoms. The number of aromatic hydroxyl groups is 1. The second kappa shape index (κ2) is 3.64. The quantitative estimate of drug-likeness (QED) is 0.736. The van der Waals surface area contributed by atoms with E-state index in [1.54, 1.807) is 29.5 Å². The molecule has 0 atom stereocenters. The first-order chi connectivity index (χ1) is 7.81. The van der Waals surface area contributed by atoms with Crippen molar-refractivity contribution in [3.63, 3.8) is 0 Å². The van der Waals surface area contributed by atoms with Crippen molar-refractivity contribution >= 4 is 22.4 Å². The van der Waals surface area contributed by atoms with Crippen molar-refractivity contribution in [1.82, 2.24) is 4.98 Å². The zero-order chi connectivity index (χ0) is 11.0. The molecule has 0 radical (unpaired) electrons. The van der Waals surface area contributed by atoms with Crippen LogP contribution in [0.1, 0.15) is 10.8 Å². The first-order valence-corrected chi connectivity index (χ1v) is 5.80. The predicted molar refractivity (Wildman–Crippen MR) is 62.8 cm³/mol. The number of fused-ring (bicyclic) bond motifs is 1. The van der Waals surface area contributed by atoms with Gasteiger partial charge in [0.25, 0.3) is 0 Å². The van der Waals surface area contributed by atoms with Gasteiger partial charge >= 0.3 is 0 Å². The van der Waals surface area contributed by atoms with E-state index in [1.165, 1.54) is 4.88 Å². The highest BCUT2D eigenvalue weighted by Gasteiger charge is 2.07. The molecule has 0 spiro atoms. The topological polar surface area (TPSA) is 46.3 Å². The highest BCUT2D eigenvalue weighted by molar-refractivity contribution is 7.09. The molecule has 2 heterocycles. The number of phenols is 1. The Morgan fingerprint density at radius 2 is 2.25 bits per heavy atom. The zero-order valence-electron chi connectivity index (χ0n) is 8.38. The Balaban J connectivity index is 1.99. The highest BCUT2D eigenvalue weighted by atomic mass is 32.1. The van der Waals surface area contributed by atoms with Gasteiger partial charge in [0.1, 0.15) is 11.3 Å². The van der Waals surface area contributed by atoms with Crippen LogP contribution in [-0.4, -0.2) is 10.1 Å². The molecule has 0 saturated carbocycles. The van der Waals surface area contributed by atoms with Gasteiger partial charge in [-0.15, -0.1) is 11.3 Å². The van der Waals surface area contributed by atoms with Crippen LogP contribution in [0.2, 0.25) is 0 Å². The highest BCUT2D eigenvalue weighted by Crippen LogP contribution is 2.22. The molecule has 1 aromatic carbocycles. The van der Waals surface area contributed by atoms with Crippen molar-refractivity contribution in [3.05, 3.63) is 46.5 Å². The first kappa shape index (κ1) is 9.42. The number of phenolic OH excluding ortho intramolecular Hbond substituents is 1. The summed E-state index contributed by atoms with van der Waals surface area (Å²) >= 11 is 1.68. The smallest absolute Gasteiger partial charge is 0.200 e. The lowest BCUT2D eigenvalue weighted by molar-refractivity contribution is 0.475. The summed E-state index contributed by atoms with van der Waals surface area (Å²) in [5.74, 6) is 0.895. The van der Waals surface area contributed by atoms with Crippen molar-refractivity contribution in [2.24, 2.45) is 0 Å². The van der Waals surface area contributed by atoms with Crippen LogP contribution in [0.15, 0.2) is 40.1 Å². The minimum Gasteiger partial charge on any atom is -0.508 e. The molecule has 0 saturated heterocycles. The minimum atomic E-state index is 0.212. The summed E-state index contributed by atoms with van der Waals surface area (Å²) in [6, 6.07) is 9.00. The van der Waals surface area contributed by atoms with Gasteiger partial charge in [0.2, 0.25) is 5.89 Å². The van der Waals surface area contributed by atoms with Crippen LogP contribution in [0.25, 0.3) is 11.1 Å². The van der Waals surface area contributed by atoms with Crippen LogP contribution in [0.5, 0.6) is 5.75 Å². The molecule has 4 heteroatoms. The molecule has 3 aromatic rings. The van der Waals surface area contributed by atoms with Gasteiger partial charge in [-0.2, -0.15) is 0 Å². The van der Waals surface area contributed by atoms with Crippen molar-refractivity contribution in [2.45, 2.75) is 6.42 Å². The summed E-state index contributed by atoms with van der Waals surface area (Å²) in [6.07, 6.45) is 0.701. The van der Waals surface area contributed by atoms with E-state index in [1.807, 2.05) is 11.4 Å². The van der Waals surface area contributed by atoms with Crippen LogP contribution < -0.4 is 0 Å². The summed E-state index contributed by atoms with van der Waals surface area (Å²) in [6.45, 7) is 0. The number of hydrogen-bond acceptors (Lipinski definition) is 4. The third-order valence-electron chi connectivity index (χ3n) is 2.32. The summed E-state index contributed by atoms with van der Waals surface area (Å²) < 4.78 is 5.58. The number of aromatic nitrogens is 1. The normalized spacial score (nSPS) is 11.0. The van der Waals surface area contributed by atoms with Crippen molar-refractivity contribution < 1.29 is 9.52 Å². The lowest BCUT2D eigenvalue weighted by atomic mass is 10.3. The molecule has 0 bridgehead atoms. The predicted octanol–water partition coefficient (Wildman–Crippen LogP) is 3.19. The summed E-state index contributed by atoms with van der Waals surface area (Å²) in [5.41, 5.74) is 1.41. The van der Waals surface area contributed by atoms with E-state index in [4.69, 9.17) is 4.42 Å². The Hall–Kier alpha value is -1.81. The molecule has 0 aliphatic heterocycles. The number of thiophene rings is 1. The Kier molecular flexibility index (Phi) is 2.15. The molecule has 80 valence electrons. The van der Waals surface area contributed by atoms with E-state index in [-0.39, 0.29) is 5.75 Å². The first-order valence-electron chi connectivity index (χ1n) is 4.92. The van der Waals surface area contributed by atoms with Crippen LogP contribution in [0.4, 0.5) is 0 Å². The van der Waals surface area contributed by atoms with Crippen molar-refractivity contribution in [3.8, 4) is 5.75 Å². The number of hydrogen-bond donors (Lipinski definition) is 1. The number of nitrogens with zero attached hydrogens (tertiary/aromatic N) is 1. The molecule has 0 unspecified atom stereocenters. The van der Waals surface area contributed by atoms with Crippen molar-refractivity contribution in [1.29, 1.82) is 0 Å². The number of rotatable bonds is 2. The third-order valence-corrected chi connectivity index (χ3v) is 3.20. The largest absolute Gasteiger partial charge is 0.508 e. The minimum absolute atomic E-state index is 0.212. The molecule has 0 amide bonds. The van der Waals surface area contributed by atoms with Crippen LogP contribution in [0, 0.1) is 0 Å². The van der Waals surface area contributed by atoms with Crippen LogP contribution in [-0.2, 0) is 6.42 Å². The van der Waals surface area contributed by atoms with Gasteiger partial charge in [-0.25, -0.2) is 4.98 Å². The number of oxazole rings is 1. The van der Waals surface area contributed by atoms with E-state index in [2.05, 4.69) is 11.1 Å². The van der Waals surface area contributed by atoms with Crippen molar-refractivity contribution in [2.75, 3.05) is 0 Å². The molecule has 0 aliphatic carbocycles. The maximum Gasteiger partial charge on any atom is 0.200 e. The average Bonchev–Trinajstić information content (AvgIpc) is 2.86. The fraction of sp³-hybridized carbons (Fsp3) is 0.0833. The third kappa shape index (κ3) is 1.67. The fourth-order valence-electron chi connectivity index (χ4n) is 1.60. The summed E-state index contributed by atoms with van der Waals surface area (Å²) in [4.78, 5) is 5.55. The van der Waals surface area contributed by atoms with Gasteiger partial charge < -0.3 is 9.52 Å². The molecular formula is C12H9NO2S. The summed E-state index contributed by atoms with van der Waals surface area (Å²) in [5, 5.41) is 11.3. The fourth-order valence-corrected chi connectivity index (χ4v) is 2.30. The second-order valence-corrected chi connectivity index (χ2v) is 4.55. The van der Waals surface area contributed by atoms with E-state index in [9.17, 15) is 5.11 Å². The molecule has 0 fully saturated rings. The Bertz CT molecular complexity index is 613. The zero-order valence-corrected chi connectivity index (χ0v) is 9.20. The van der Waals surface area contributed by atoms with Crippen LogP contribution >= 0.6 is 11.3 Å². The maximum atomic E-state index is 9.32. The Morgan fingerprint density at radius 3 is 3.06 bits per heavy atom. The molecule has 3 rings (SSSR count). The second-order valence-electron chi connectivity index (χ2n) is 3.52. The average molecular weight is 231 g/mol. The lowest BCUT2D eigenvalue weighted by Gasteiger charge is -1.88. The van der Waals surface area contributed by atoms with E-state index >= 15 is 0 Å².